The molecule has 8 heteroatoms. The largest absolute Gasteiger partial charge is 0.444 e. The molecular formula is C18H27ClN2O4S. The average Bonchev–Trinajstić information content (AvgIpc) is 2.51. The Hall–Kier alpha value is -1.31. The number of nitrogens with zero attached hydrogens (tertiary/aromatic N) is 1. The molecular weight excluding hydrogens is 376 g/mol. The molecule has 146 valence electrons. The minimum Gasteiger partial charge on any atom is -0.444 e. The standard InChI is InChI=1S/C18H27ClN2O4S/c1-18(2,3)25-17(22)21-10-5-4-9-16(21)12-20-26(23,24)13-14-7-6-8-15(19)11-14/h6-8,11,16,20H,4-5,9-10,12-13H2,1-3H3/t16-/m0/s1. The molecule has 0 unspecified atom stereocenters. The maximum absolute atomic E-state index is 12.4. The van der Waals surface area contributed by atoms with Gasteiger partial charge in [0, 0.05) is 24.2 Å². The number of piperidine rings is 1. The van der Waals surface area contributed by atoms with Gasteiger partial charge in [0.15, 0.2) is 0 Å². The third kappa shape index (κ3) is 6.78. The summed E-state index contributed by atoms with van der Waals surface area (Å²) in [6.07, 6.45) is 2.21. The van der Waals surface area contributed by atoms with Crippen LogP contribution in [0.15, 0.2) is 24.3 Å². The number of benzene rings is 1. The van der Waals surface area contributed by atoms with E-state index in [0.29, 0.717) is 17.1 Å². The quantitative estimate of drug-likeness (QED) is 0.817. The van der Waals surface area contributed by atoms with Crippen molar-refractivity contribution in [1.82, 2.24) is 9.62 Å². The van der Waals surface area contributed by atoms with Gasteiger partial charge >= 0.3 is 6.09 Å². The van der Waals surface area contributed by atoms with Crippen LogP contribution in [-0.2, 0) is 20.5 Å². The number of nitrogens with one attached hydrogen (secondary N) is 1. The molecule has 0 aromatic heterocycles. The van der Waals surface area contributed by atoms with Crippen molar-refractivity contribution in [2.45, 2.75) is 57.4 Å². The zero-order chi connectivity index (χ0) is 19.4. The molecule has 1 aromatic rings. The molecule has 26 heavy (non-hydrogen) atoms. The van der Waals surface area contributed by atoms with Crippen molar-refractivity contribution in [3.8, 4) is 0 Å². The number of sulfonamides is 1. The van der Waals surface area contributed by atoms with E-state index < -0.39 is 21.7 Å². The van der Waals surface area contributed by atoms with Crippen LogP contribution < -0.4 is 4.72 Å². The Bertz CT molecular complexity index is 731. The van der Waals surface area contributed by atoms with E-state index >= 15 is 0 Å². The molecule has 0 radical (unpaired) electrons. The van der Waals surface area contributed by atoms with E-state index in [9.17, 15) is 13.2 Å². The molecule has 2 rings (SSSR count). The second-order valence-corrected chi connectivity index (χ2v) is 9.80. The first-order valence-electron chi connectivity index (χ1n) is 8.77. The summed E-state index contributed by atoms with van der Waals surface area (Å²) in [5.74, 6) is -0.146. The Morgan fingerprint density at radius 3 is 2.73 bits per heavy atom. The third-order valence-corrected chi connectivity index (χ3v) is 5.59. The summed E-state index contributed by atoms with van der Waals surface area (Å²) in [5, 5.41) is 0.501. The van der Waals surface area contributed by atoms with Crippen LogP contribution in [-0.4, -0.2) is 44.1 Å². The molecule has 0 bridgehead atoms. The number of halogens is 1. The lowest BCUT2D eigenvalue weighted by molar-refractivity contribution is 0.0105. The summed E-state index contributed by atoms with van der Waals surface area (Å²) in [6, 6.07) is 6.57. The van der Waals surface area contributed by atoms with Crippen LogP contribution in [0.3, 0.4) is 0 Å². The van der Waals surface area contributed by atoms with E-state index in [-0.39, 0.29) is 18.3 Å². The number of hydrogen-bond donors (Lipinski definition) is 1. The monoisotopic (exact) mass is 402 g/mol. The first-order chi connectivity index (χ1) is 12.1. The first kappa shape index (κ1) is 21.0. The second kappa shape index (κ2) is 8.59. The lowest BCUT2D eigenvalue weighted by atomic mass is 10.0. The second-order valence-electron chi connectivity index (χ2n) is 7.56. The number of carbonyl (C=O) groups is 1. The fourth-order valence-electron chi connectivity index (χ4n) is 2.89. The van der Waals surface area contributed by atoms with Gasteiger partial charge in [0.05, 0.1) is 5.75 Å². The Morgan fingerprint density at radius 2 is 2.08 bits per heavy atom. The van der Waals surface area contributed by atoms with Gasteiger partial charge in [-0.05, 0) is 57.7 Å². The highest BCUT2D eigenvalue weighted by molar-refractivity contribution is 7.88. The molecule has 1 N–H and O–H groups in total. The van der Waals surface area contributed by atoms with E-state index in [1.165, 1.54) is 0 Å². The van der Waals surface area contributed by atoms with Crippen molar-refractivity contribution in [3.63, 3.8) is 0 Å². The summed E-state index contributed by atoms with van der Waals surface area (Å²) in [6.45, 7) is 6.21. The van der Waals surface area contributed by atoms with Crippen LogP contribution >= 0.6 is 11.6 Å². The van der Waals surface area contributed by atoms with Gasteiger partial charge in [0.1, 0.15) is 5.60 Å². The highest BCUT2D eigenvalue weighted by atomic mass is 35.5. The molecule has 1 aliphatic rings. The first-order valence-corrected chi connectivity index (χ1v) is 10.8. The molecule has 0 aliphatic carbocycles. The fourth-order valence-corrected chi connectivity index (χ4v) is 4.27. The van der Waals surface area contributed by atoms with Gasteiger partial charge in [0.25, 0.3) is 0 Å². The summed E-state index contributed by atoms with van der Waals surface area (Å²) >= 11 is 5.91. The predicted molar refractivity (Wildman–Crippen MR) is 103 cm³/mol. The number of carbonyl (C=O) groups excluding carboxylic acids is 1. The number of likely N-dealkylation sites (tertiary alicyclic amines) is 1. The summed E-state index contributed by atoms with van der Waals surface area (Å²) in [5.41, 5.74) is 0.0446. The summed E-state index contributed by atoms with van der Waals surface area (Å²) < 4.78 is 32.8. The molecule has 6 nitrogen and oxygen atoms in total. The SMILES string of the molecule is CC(C)(C)OC(=O)N1CCCC[C@H]1CNS(=O)(=O)Cc1cccc(Cl)c1. The number of hydrogen-bond acceptors (Lipinski definition) is 4. The summed E-state index contributed by atoms with van der Waals surface area (Å²) in [7, 11) is -3.52. The van der Waals surface area contributed by atoms with Crippen molar-refractivity contribution in [3.05, 3.63) is 34.9 Å². The molecule has 0 saturated carbocycles. The maximum Gasteiger partial charge on any atom is 0.410 e. The van der Waals surface area contributed by atoms with Crippen LogP contribution in [0.25, 0.3) is 0 Å². The van der Waals surface area contributed by atoms with Gasteiger partial charge in [-0.25, -0.2) is 17.9 Å². The lowest BCUT2D eigenvalue weighted by Crippen LogP contribution is -2.50. The topological polar surface area (TPSA) is 75.7 Å². The Labute approximate surface area is 160 Å². The highest BCUT2D eigenvalue weighted by Crippen LogP contribution is 2.20. The van der Waals surface area contributed by atoms with Gasteiger partial charge in [-0.1, -0.05) is 23.7 Å². The van der Waals surface area contributed by atoms with Gasteiger partial charge in [-0.2, -0.15) is 0 Å². The van der Waals surface area contributed by atoms with Crippen LogP contribution in [0.5, 0.6) is 0 Å². The van der Waals surface area contributed by atoms with Gasteiger partial charge in [-0.3, -0.25) is 0 Å². The van der Waals surface area contributed by atoms with E-state index in [1.807, 2.05) is 20.8 Å². The Morgan fingerprint density at radius 1 is 1.35 bits per heavy atom. The van der Waals surface area contributed by atoms with E-state index in [0.717, 1.165) is 19.3 Å². The Kier molecular flexibility index (Phi) is 6.93. The molecule has 1 aliphatic heterocycles. The van der Waals surface area contributed by atoms with E-state index in [2.05, 4.69) is 4.72 Å². The van der Waals surface area contributed by atoms with Crippen molar-refractivity contribution >= 4 is 27.7 Å². The van der Waals surface area contributed by atoms with Crippen LogP contribution in [0.2, 0.25) is 5.02 Å². The summed E-state index contributed by atoms with van der Waals surface area (Å²) in [4.78, 5) is 14.0. The number of rotatable bonds is 5. The normalized spacial score (nSPS) is 18.6. The van der Waals surface area contributed by atoms with Crippen LogP contribution in [0, 0.1) is 0 Å². The smallest absolute Gasteiger partial charge is 0.410 e. The van der Waals surface area contributed by atoms with Crippen LogP contribution in [0.4, 0.5) is 4.79 Å². The predicted octanol–water partition coefficient (Wildman–Crippen LogP) is 3.55. The zero-order valence-corrected chi connectivity index (χ0v) is 17.1. The molecule has 1 amide bonds. The zero-order valence-electron chi connectivity index (χ0n) is 15.5. The Balaban J connectivity index is 1.97. The lowest BCUT2D eigenvalue weighted by Gasteiger charge is -2.36. The average molecular weight is 403 g/mol. The third-order valence-electron chi connectivity index (χ3n) is 4.04. The molecule has 0 spiro atoms. The van der Waals surface area contributed by atoms with Crippen molar-refractivity contribution < 1.29 is 17.9 Å². The molecule has 1 saturated heterocycles. The maximum atomic E-state index is 12.4. The minimum absolute atomic E-state index is 0.146. The van der Waals surface area contributed by atoms with Crippen LogP contribution in [0.1, 0.15) is 45.6 Å². The van der Waals surface area contributed by atoms with Gasteiger partial charge < -0.3 is 9.64 Å². The van der Waals surface area contributed by atoms with Gasteiger partial charge in [-0.15, -0.1) is 0 Å². The molecule has 1 heterocycles. The van der Waals surface area contributed by atoms with E-state index in [4.69, 9.17) is 16.3 Å². The van der Waals surface area contributed by atoms with E-state index in [1.54, 1.807) is 29.2 Å². The van der Waals surface area contributed by atoms with Crippen molar-refractivity contribution in [2.75, 3.05) is 13.1 Å². The minimum atomic E-state index is -3.52. The molecule has 1 aromatic carbocycles. The molecule has 1 atom stereocenters. The number of amides is 1. The molecule has 1 fully saturated rings. The van der Waals surface area contributed by atoms with Crippen molar-refractivity contribution in [2.24, 2.45) is 0 Å². The fraction of sp³-hybridized carbons (Fsp3) is 0.611. The highest BCUT2D eigenvalue weighted by Gasteiger charge is 2.31. The van der Waals surface area contributed by atoms with Crippen molar-refractivity contribution in [1.29, 1.82) is 0 Å². The van der Waals surface area contributed by atoms with Gasteiger partial charge in [0.2, 0.25) is 10.0 Å². The number of ether oxygens (including phenoxy) is 1.